The molecule has 1 saturated carbocycles. The lowest BCUT2D eigenvalue weighted by molar-refractivity contribution is -0.136. The maximum absolute atomic E-state index is 11.7. The van der Waals surface area contributed by atoms with E-state index in [9.17, 15) is 13.2 Å². The highest BCUT2D eigenvalue weighted by atomic mass is 32.2. The van der Waals surface area contributed by atoms with Gasteiger partial charge in [-0.05, 0) is 25.7 Å². The fourth-order valence-corrected chi connectivity index (χ4v) is 3.79. The van der Waals surface area contributed by atoms with Crippen LogP contribution in [0, 0.1) is 5.92 Å². The van der Waals surface area contributed by atoms with Crippen molar-refractivity contribution in [3.05, 3.63) is 0 Å². The van der Waals surface area contributed by atoms with Crippen LogP contribution in [-0.4, -0.2) is 31.3 Å². The minimum absolute atomic E-state index is 0.0955. The lowest BCUT2D eigenvalue weighted by atomic mass is 9.94. The molecule has 1 rings (SSSR count). The van der Waals surface area contributed by atoms with Crippen molar-refractivity contribution >= 4 is 16.0 Å². The van der Waals surface area contributed by atoms with Gasteiger partial charge in [0.1, 0.15) is 0 Å². The topological polar surface area (TPSA) is 83.5 Å². The minimum Gasteiger partial charge on any atom is -0.481 e. The Morgan fingerprint density at radius 2 is 1.83 bits per heavy atom. The predicted octanol–water partition coefficient (Wildman–Crippen LogP) is 1.74. The zero-order valence-corrected chi connectivity index (χ0v) is 11.7. The van der Waals surface area contributed by atoms with E-state index < -0.39 is 16.0 Å². The molecule has 0 heterocycles. The van der Waals surface area contributed by atoms with Gasteiger partial charge in [-0.25, -0.2) is 13.1 Å². The summed E-state index contributed by atoms with van der Waals surface area (Å²) >= 11 is 0. The normalized spacial score (nSPS) is 20.3. The molecule has 106 valence electrons. The Kier molecular flexibility index (Phi) is 6.08. The smallest absolute Gasteiger partial charge is 0.304 e. The Morgan fingerprint density at radius 3 is 2.33 bits per heavy atom. The average Bonchev–Trinajstić information content (AvgIpc) is 2.54. The number of hydrogen-bond donors (Lipinski definition) is 2. The van der Waals surface area contributed by atoms with Gasteiger partial charge in [0, 0.05) is 6.04 Å². The summed E-state index contributed by atoms with van der Waals surface area (Å²) in [6.07, 6.45) is 6.56. The van der Waals surface area contributed by atoms with Crippen molar-refractivity contribution in [2.45, 2.75) is 57.9 Å². The maximum Gasteiger partial charge on any atom is 0.304 e. The number of carboxylic acid groups (broad SMARTS) is 1. The third-order valence-electron chi connectivity index (χ3n) is 3.56. The molecule has 0 spiro atoms. The highest BCUT2D eigenvalue weighted by Crippen LogP contribution is 2.25. The number of sulfonamides is 1. The van der Waals surface area contributed by atoms with E-state index in [4.69, 9.17) is 5.11 Å². The van der Waals surface area contributed by atoms with Gasteiger partial charge in [0.25, 0.3) is 0 Å². The van der Waals surface area contributed by atoms with Gasteiger partial charge in [-0.2, -0.15) is 0 Å². The number of rotatable bonds is 6. The van der Waals surface area contributed by atoms with E-state index in [0.29, 0.717) is 5.92 Å². The van der Waals surface area contributed by atoms with Crippen molar-refractivity contribution in [3.8, 4) is 0 Å². The molecule has 0 bridgehead atoms. The van der Waals surface area contributed by atoms with Crippen LogP contribution in [0.1, 0.15) is 51.9 Å². The van der Waals surface area contributed by atoms with Crippen LogP contribution < -0.4 is 4.72 Å². The summed E-state index contributed by atoms with van der Waals surface area (Å²) in [4.78, 5) is 10.4. The van der Waals surface area contributed by atoms with E-state index in [1.807, 2.05) is 6.92 Å². The monoisotopic (exact) mass is 277 g/mol. The molecule has 0 saturated heterocycles. The molecular weight excluding hydrogens is 254 g/mol. The Labute approximate surface area is 109 Å². The van der Waals surface area contributed by atoms with Gasteiger partial charge in [0.05, 0.1) is 12.2 Å². The van der Waals surface area contributed by atoms with E-state index in [1.165, 1.54) is 12.8 Å². The number of carbonyl (C=O) groups is 1. The summed E-state index contributed by atoms with van der Waals surface area (Å²) in [5, 5.41) is 8.50. The van der Waals surface area contributed by atoms with Gasteiger partial charge in [-0.3, -0.25) is 4.79 Å². The van der Waals surface area contributed by atoms with Crippen molar-refractivity contribution in [1.29, 1.82) is 0 Å². The predicted molar refractivity (Wildman–Crippen MR) is 69.8 cm³/mol. The summed E-state index contributed by atoms with van der Waals surface area (Å²) in [6, 6.07) is -0.0955. The molecule has 0 aromatic heterocycles. The highest BCUT2D eigenvalue weighted by Gasteiger charge is 2.23. The third-order valence-corrected chi connectivity index (χ3v) is 5.03. The van der Waals surface area contributed by atoms with Gasteiger partial charge in [0.2, 0.25) is 10.0 Å². The van der Waals surface area contributed by atoms with E-state index in [2.05, 4.69) is 4.72 Å². The Hall–Kier alpha value is -0.620. The Balaban J connectivity index is 2.46. The van der Waals surface area contributed by atoms with Gasteiger partial charge >= 0.3 is 5.97 Å². The molecular formula is C12H23NO4S. The van der Waals surface area contributed by atoms with Crippen LogP contribution in [0.25, 0.3) is 0 Å². The molecule has 5 nitrogen and oxygen atoms in total. The lowest BCUT2D eigenvalue weighted by Gasteiger charge is -2.23. The largest absolute Gasteiger partial charge is 0.481 e. The van der Waals surface area contributed by atoms with Crippen LogP contribution in [-0.2, 0) is 14.8 Å². The number of aliphatic carboxylic acids is 1. The lowest BCUT2D eigenvalue weighted by Crippen LogP contribution is -2.39. The molecule has 6 heteroatoms. The molecule has 18 heavy (non-hydrogen) atoms. The molecule has 0 amide bonds. The zero-order valence-electron chi connectivity index (χ0n) is 10.9. The quantitative estimate of drug-likeness (QED) is 0.724. The van der Waals surface area contributed by atoms with Gasteiger partial charge in [0.15, 0.2) is 0 Å². The van der Waals surface area contributed by atoms with Crippen LogP contribution >= 0.6 is 0 Å². The molecule has 0 radical (unpaired) electrons. The fourth-order valence-electron chi connectivity index (χ4n) is 2.47. The summed E-state index contributed by atoms with van der Waals surface area (Å²) in [6.45, 7) is 1.88. The molecule has 1 aliphatic carbocycles. The molecule has 0 aliphatic heterocycles. The first-order valence-corrected chi connectivity index (χ1v) is 8.28. The molecule has 1 atom stereocenters. The van der Waals surface area contributed by atoms with Crippen LogP contribution in [0.2, 0.25) is 0 Å². The van der Waals surface area contributed by atoms with Crippen molar-refractivity contribution < 1.29 is 18.3 Å². The first-order valence-electron chi connectivity index (χ1n) is 6.62. The second-order valence-electron chi connectivity index (χ2n) is 5.12. The van der Waals surface area contributed by atoms with E-state index in [1.54, 1.807) is 0 Å². The Bertz CT molecular complexity index is 358. The number of hydrogen-bond acceptors (Lipinski definition) is 3. The van der Waals surface area contributed by atoms with Gasteiger partial charge < -0.3 is 5.11 Å². The first kappa shape index (κ1) is 15.4. The van der Waals surface area contributed by atoms with Gasteiger partial charge in [-0.1, -0.05) is 25.7 Å². The SMILES string of the molecule is C[C@@H](NS(=O)(=O)CCC(=O)O)C1CCCCCC1. The summed E-state index contributed by atoms with van der Waals surface area (Å²) < 4.78 is 26.0. The fraction of sp³-hybridized carbons (Fsp3) is 0.917. The van der Waals surface area contributed by atoms with Crippen molar-refractivity contribution in [3.63, 3.8) is 0 Å². The van der Waals surface area contributed by atoms with Gasteiger partial charge in [-0.15, -0.1) is 0 Å². The molecule has 1 aliphatic rings. The summed E-state index contributed by atoms with van der Waals surface area (Å²) in [7, 11) is -3.47. The maximum atomic E-state index is 11.7. The van der Waals surface area contributed by atoms with Crippen LogP contribution in [0.15, 0.2) is 0 Å². The minimum atomic E-state index is -3.47. The number of carboxylic acids is 1. The molecule has 1 fully saturated rings. The van der Waals surface area contributed by atoms with E-state index in [0.717, 1.165) is 25.7 Å². The first-order chi connectivity index (χ1) is 8.41. The van der Waals surface area contributed by atoms with Crippen LogP contribution in [0.3, 0.4) is 0 Å². The number of nitrogens with one attached hydrogen (secondary N) is 1. The Morgan fingerprint density at radius 1 is 1.28 bits per heavy atom. The molecule has 0 aromatic carbocycles. The molecule has 2 N–H and O–H groups in total. The zero-order chi connectivity index (χ0) is 13.6. The van der Waals surface area contributed by atoms with Crippen molar-refractivity contribution in [2.75, 3.05) is 5.75 Å². The summed E-state index contributed by atoms with van der Waals surface area (Å²) in [5.74, 6) is -1.03. The summed E-state index contributed by atoms with van der Waals surface area (Å²) in [5.41, 5.74) is 0. The average molecular weight is 277 g/mol. The third kappa shape index (κ3) is 5.82. The van der Waals surface area contributed by atoms with Crippen LogP contribution in [0.5, 0.6) is 0 Å². The van der Waals surface area contributed by atoms with Crippen LogP contribution in [0.4, 0.5) is 0 Å². The molecule has 0 aromatic rings. The second kappa shape index (κ2) is 7.09. The standard InChI is InChI=1S/C12H23NO4S/c1-10(11-6-4-2-3-5-7-11)13-18(16,17)9-8-12(14)15/h10-11,13H,2-9H2,1H3,(H,14,15)/t10-/m1/s1. The van der Waals surface area contributed by atoms with E-state index >= 15 is 0 Å². The van der Waals surface area contributed by atoms with Crippen molar-refractivity contribution in [1.82, 2.24) is 4.72 Å². The second-order valence-corrected chi connectivity index (χ2v) is 6.99. The van der Waals surface area contributed by atoms with Crippen molar-refractivity contribution in [2.24, 2.45) is 5.92 Å². The van der Waals surface area contributed by atoms with E-state index in [-0.39, 0.29) is 18.2 Å². The molecule has 0 unspecified atom stereocenters. The highest BCUT2D eigenvalue weighted by molar-refractivity contribution is 7.89.